The topological polar surface area (TPSA) is 64.1 Å². The highest BCUT2D eigenvalue weighted by molar-refractivity contribution is 7.07. The fraction of sp³-hybridized carbons (Fsp3) is 0.357. The molecule has 1 atom stereocenters. The lowest BCUT2D eigenvalue weighted by atomic mass is 10.1. The molecule has 0 saturated heterocycles. The molecule has 1 unspecified atom stereocenters. The van der Waals surface area contributed by atoms with Crippen molar-refractivity contribution in [1.82, 2.24) is 9.97 Å². The molecule has 2 aromatic rings. The minimum atomic E-state index is -0.526. The number of thiophene rings is 1. The van der Waals surface area contributed by atoms with Gasteiger partial charge in [-0.25, -0.2) is 14.8 Å². The van der Waals surface area contributed by atoms with Crippen LogP contribution in [0.15, 0.2) is 22.9 Å². The van der Waals surface area contributed by atoms with Crippen molar-refractivity contribution in [3.8, 4) is 0 Å². The number of anilines is 1. The zero-order chi connectivity index (χ0) is 14.5. The number of esters is 1. The normalized spacial score (nSPS) is 11.9. The smallest absolute Gasteiger partial charge is 0.376 e. The molecule has 0 spiro atoms. The first kappa shape index (κ1) is 14.5. The van der Waals surface area contributed by atoms with Gasteiger partial charge in [0.25, 0.3) is 0 Å². The van der Waals surface area contributed by atoms with Crippen molar-refractivity contribution in [3.63, 3.8) is 0 Å². The van der Waals surface area contributed by atoms with Crippen LogP contribution in [0.1, 0.15) is 28.8 Å². The molecule has 2 heterocycles. The Morgan fingerprint density at radius 2 is 2.30 bits per heavy atom. The average molecular weight is 291 g/mol. The van der Waals surface area contributed by atoms with Gasteiger partial charge in [0.1, 0.15) is 5.82 Å². The largest absolute Gasteiger partial charge is 0.463 e. The van der Waals surface area contributed by atoms with E-state index in [1.54, 1.807) is 11.3 Å². The molecule has 20 heavy (non-hydrogen) atoms. The standard InChI is InChI=1S/C14H17N3O2S/c1-9(6-11-4-5-20-8-11)15-12-7-10(2)16-13(17-12)14(18)19-3/h4-5,7-9H,6H2,1-3H3,(H,15,16,17). The van der Waals surface area contributed by atoms with Crippen molar-refractivity contribution >= 4 is 23.1 Å². The van der Waals surface area contributed by atoms with Crippen LogP contribution in [0.3, 0.4) is 0 Å². The molecule has 0 aliphatic rings. The van der Waals surface area contributed by atoms with Crippen molar-refractivity contribution in [2.75, 3.05) is 12.4 Å². The molecule has 0 amide bonds. The van der Waals surface area contributed by atoms with E-state index in [0.717, 1.165) is 12.1 Å². The molecule has 106 valence electrons. The Morgan fingerprint density at radius 1 is 1.50 bits per heavy atom. The van der Waals surface area contributed by atoms with E-state index in [0.29, 0.717) is 5.82 Å². The van der Waals surface area contributed by atoms with E-state index < -0.39 is 5.97 Å². The summed E-state index contributed by atoms with van der Waals surface area (Å²) in [5.41, 5.74) is 2.01. The predicted octanol–water partition coefficient (Wildman–Crippen LogP) is 2.68. The van der Waals surface area contributed by atoms with Gasteiger partial charge < -0.3 is 10.1 Å². The Morgan fingerprint density at radius 3 is 2.95 bits per heavy atom. The first-order chi connectivity index (χ1) is 9.58. The summed E-state index contributed by atoms with van der Waals surface area (Å²) < 4.78 is 4.65. The van der Waals surface area contributed by atoms with Gasteiger partial charge in [0.2, 0.25) is 5.82 Å². The average Bonchev–Trinajstić information content (AvgIpc) is 2.89. The van der Waals surface area contributed by atoms with Gasteiger partial charge >= 0.3 is 5.97 Å². The number of nitrogens with zero attached hydrogens (tertiary/aromatic N) is 2. The molecule has 2 aromatic heterocycles. The number of rotatable bonds is 5. The number of ether oxygens (including phenoxy) is 1. The fourth-order valence-corrected chi connectivity index (χ4v) is 2.57. The maximum atomic E-state index is 11.5. The maximum absolute atomic E-state index is 11.5. The Balaban J connectivity index is 2.08. The summed E-state index contributed by atoms with van der Waals surface area (Å²) in [5.74, 6) is 0.195. The van der Waals surface area contributed by atoms with Gasteiger partial charge in [-0.1, -0.05) is 0 Å². The molecular formula is C14H17N3O2S. The first-order valence-electron chi connectivity index (χ1n) is 6.30. The second-order valence-corrected chi connectivity index (χ2v) is 5.37. The van der Waals surface area contributed by atoms with E-state index in [9.17, 15) is 4.79 Å². The van der Waals surface area contributed by atoms with E-state index >= 15 is 0 Å². The third-order valence-corrected chi connectivity index (χ3v) is 3.47. The van der Waals surface area contributed by atoms with Crippen LogP contribution in [0.5, 0.6) is 0 Å². The minimum Gasteiger partial charge on any atom is -0.463 e. The van der Waals surface area contributed by atoms with Crippen molar-refractivity contribution in [2.45, 2.75) is 26.3 Å². The van der Waals surface area contributed by atoms with Crippen molar-refractivity contribution in [1.29, 1.82) is 0 Å². The van der Waals surface area contributed by atoms with E-state index in [2.05, 4.69) is 43.8 Å². The summed E-state index contributed by atoms with van der Waals surface area (Å²) in [6, 6.07) is 4.13. The third kappa shape index (κ3) is 3.77. The number of nitrogens with one attached hydrogen (secondary N) is 1. The molecule has 0 bridgehead atoms. The van der Waals surface area contributed by atoms with Crippen molar-refractivity contribution in [3.05, 3.63) is 40.0 Å². The minimum absolute atomic E-state index is 0.0812. The molecule has 0 aliphatic heterocycles. The van der Waals surface area contributed by atoms with Crippen molar-refractivity contribution < 1.29 is 9.53 Å². The molecule has 0 saturated carbocycles. The Labute approximate surface area is 122 Å². The molecular weight excluding hydrogens is 274 g/mol. The molecule has 6 heteroatoms. The van der Waals surface area contributed by atoms with Gasteiger partial charge in [0.15, 0.2) is 0 Å². The van der Waals surface area contributed by atoms with Gasteiger partial charge in [0, 0.05) is 17.8 Å². The van der Waals surface area contributed by atoms with Gasteiger partial charge in [-0.15, -0.1) is 0 Å². The quantitative estimate of drug-likeness (QED) is 0.858. The third-order valence-electron chi connectivity index (χ3n) is 2.74. The Kier molecular flexibility index (Phi) is 4.68. The number of carbonyl (C=O) groups is 1. The lowest BCUT2D eigenvalue weighted by Crippen LogP contribution is -2.20. The van der Waals surface area contributed by atoms with E-state index in [1.165, 1.54) is 12.7 Å². The monoisotopic (exact) mass is 291 g/mol. The van der Waals surface area contributed by atoms with Crippen LogP contribution in [0.4, 0.5) is 5.82 Å². The summed E-state index contributed by atoms with van der Waals surface area (Å²) in [6.45, 7) is 3.90. The summed E-state index contributed by atoms with van der Waals surface area (Å²) in [6.07, 6.45) is 0.903. The highest BCUT2D eigenvalue weighted by atomic mass is 32.1. The van der Waals surface area contributed by atoms with Crippen LogP contribution in [-0.2, 0) is 11.2 Å². The van der Waals surface area contributed by atoms with Gasteiger partial charge in [-0.2, -0.15) is 11.3 Å². The zero-order valence-corrected chi connectivity index (χ0v) is 12.5. The molecule has 0 aliphatic carbocycles. The second-order valence-electron chi connectivity index (χ2n) is 4.59. The van der Waals surface area contributed by atoms with E-state index in [4.69, 9.17) is 0 Å². The maximum Gasteiger partial charge on any atom is 0.376 e. The molecule has 5 nitrogen and oxygen atoms in total. The zero-order valence-electron chi connectivity index (χ0n) is 11.7. The number of hydrogen-bond acceptors (Lipinski definition) is 6. The molecule has 1 N–H and O–H groups in total. The summed E-state index contributed by atoms with van der Waals surface area (Å²) in [7, 11) is 1.32. The molecule has 0 fully saturated rings. The lowest BCUT2D eigenvalue weighted by Gasteiger charge is -2.14. The highest BCUT2D eigenvalue weighted by Gasteiger charge is 2.12. The summed E-state index contributed by atoms with van der Waals surface area (Å²) in [5, 5.41) is 7.48. The van der Waals surface area contributed by atoms with Crippen LogP contribution < -0.4 is 5.32 Å². The number of aromatic nitrogens is 2. The molecule has 2 rings (SSSR count). The number of methoxy groups -OCH3 is 1. The van der Waals surface area contributed by atoms with E-state index in [-0.39, 0.29) is 11.9 Å². The molecule has 0 radical (unpaired) electrons. The highest BCUT2D eigenvalue weighted by Crippen LogP contribution is 2.13. The summed E-state index contributed by atoms with van der Waals surface area (Å²) >= 11 is 1.69. The van der Waals surface area contributed by atoms with E-state index in [1.807, 2.05) is 13.0 Å². The molecule has 0 aromatic carbocycles. The Bertz CT molecular complexity index is 584. The number of carbonyl (C=O) groups excluding carboxylic acids is 1. The van der Waals surface area contributed by atoms with Crippen molar-refractivity contribution in [2.24, 2.45) is 0 Å². The Hall–Kier alpha value is -1.95. The van der Waals surface area contributed by atoms with Gasteiger partial charge in [-0.05, 0) is 42.7 Å². The number of aryl methyl sites for hydroxylation is 1. The summed E-state index contributed by atoms with van der Waals surface area (Å²) in [4.78, 5) is 19.7. The van der Waals surface area contributed by atoms with Gasteiger partial charge in [-0.3, -0.25) is 0 Å². The first-order valence-corrected chi connectivity index (χ1v) is 7.24. The second kappa shape index (κ2) is 6.47. The fourth-order valence-electron chi connectivity index (χ4n) is 1.89. The van der Waals surface area contributed by atoms with Crippen LogP contribution in [0.2, 0.25) is 0 Å². The lowest BCUT2D eigenvalue weighted by molar-refractivity contribution is 0.0586. The van der Waals surface area contributed by atoms with Crippen LogP contribution in [0, 0.1) is 6.92 Å². The van der Waals surface area contributed by atoms with Gasteiger partial charge in [0.05, 0.1) is 7.11 Å². The van der Waals surface area contributed by atoms with Crippen LogP contribution in [-0.4, -0.2) is 29.1 Å². The van der Waals surface area contributed by atoms with Crippen LogP contribution >= 0.6 is 11.3 Å². The number of hydrogen-bond donors (Lipinski definition) is 1. The SMILES string of the molecule is COC(=O)c1nc(C)cc(NC(C)Cc2ccsc2)n1. The predicted molar refractivity (Wildman–Crippen MR) is 79.2 cm³/mol. The van der Waals surface area contributed by atoms with Crippen LogP contribution in [0.25, 0.3) is 0 Å².